The van der Waals surface area contributed by atoms with E-state index in [2.05, 4.69) is 70.9 Å². The fourth-order valence-corrected chi connectivity index (χ4v) is 4.18. The van der Waals surface area contributed by atoms with E-state index in [1.807, 2.05) is 6.07 Å². The minimum absolute atomic E-state index is 0.904. The zero-order valence-electron chi connectivity index (χ0n) is 16.4. The third-order valence-electron chi connectivity index (χ3n) is 5.57. The molecule has 5 heteroatoms. The highest BCUT2D eigenvalue weighted by molar-refractivity contribution is 5.84. The van der Waals surface area contributed by atoms with Crippen LogP contribution in [0, 0.1) is 13.8 Å². The smallest absolute Gasteiger partial charge is 0.144 e. The molecule has 0 unspecified atom stereocenters. The van der Waals surface area contributed by atoms with Gasteiger partial charge in [-0.2, -0.15) is 5.10 Å². The molecule has 28 heavy (non-hydrogen) atoms. The van der Waals surface area contributed by atoms with Gasteiger partial charge in [-0.15, -0.1) is 0 Å². The molecule has 0 radical (unpaired) electrons. The van der Waals surface area contributed by atoms with E-state index in [4.69, 9.17) is 10.1 Å². The van der Waals surface area contributed by atoms with E-state index >= 15 is 0 Å². The largest absolute Gasteiger partial charge is 0.356 e. The average molecular weight is 371 g/mol. The maximum Gasteiger partial charge on any atom is 0.144 e. The second-order valence-electron chi connectivity index (χ2n) is 7.69. The molecule has 1 saturated heterocycles. The van der Waals surface area contributed by atoms with Crippen LogP contribution in [0.2, 0.25) is 0 Å². The molecule has 142 valence electrons. The number of para-hydroxylation sites is 1. The zero-order chi connectivity index (χ0) is 19.1. The monoisotopic (exact) mass is 371 g/mol. The molecule has 4 aromatic rings. The van der Waals surface area contributed by atoms with Crippen LogP contribution in [0.5, 0.6) is 0 Å². The number of rotatable bonds is 3. The Balaban J connectivity index is 1.72. The van der Waals surface area contributed by atoms with Crippen molar-refractivity contribution >= 4 is 16.9 Å². The quantitative estimate of drug-likeness (QED) is 0.550. The van der Waals surface area contributed by atoms with E-state index in [1.165, 1.54) is 24.8 Å². The number of anilines is 1. The van der Waals surface area contributed by atoms with Crippen LogP contribution in [0.4, 0.5) is 5.82 Å². The fourth-order valence-electron chi connectivity index (χ4n) is 4.18. The van der Waals surface area contributed by atoms with Gasteiger partial charge in [0.25, 0.3) is 0 Å². The van der Waals surface area contributed by atoms with E-state index in [0.717, 1.165) is 52.7 Å². The lowest BCUT2D eigenvalue weighted by Crippen LogP contribution is -2.31. The summed E-state index contributed by atoms with van der Waals surface area (Å²) in [6.07, 6.45) is 3.74. The molecule has 1 fully saturated rings. The molecule has 2 aromatic heterocycles. The number of benzene rings is 2. The number of H-pyrrole nitrogens is 1. The van der Waals surface area contributed by atoms with Gasteiger partial charge in [0.2, 0.25) is 0 Å². The zero-order valence-corrected chi connectivity index (χ0v) is 16.4. The number of aryl methyl sites for hydroxylation is 2. The normalized spacial score (nSPS) is 14.7. The third kappa shape index (κ3) is 2.87. The number of aromatic amines is 1. The highest BCUT2D eigenvalue weighted by atomic mass is 15.4. The topological polar surface area (TPSA) is 49.7 Å². The van der Waals surface area contributed by atoms with E-state index in [9.17, 15) is 0 Å². The molecule has 0 atom stereocenters. The summed E-state index contributed by atoms with van der Waals surface area (Å²) in [6.45, 7) is 6.31. The summed E-state index contributed by atoms with van der Waals surface area (Å²) in [4.78, 5) is 10.9. The number of hydrogen-bond donors (Lipinski definition) is 1. The number of fused-ring (bicyclic) bond motifs is 1. The van der Waals surface area contributed by atoms with Crippen LogP contribution in [0.15, 0.2) is 48.5 Å². The summed E-state index contributed by atoms with van der Waals surface area (Å²) < 4.78 is 2.09. The van der Waals surface area contributed by atoms with Gasteiger partial charge in [-0.1, -0.05) is 24.3 Å². The van der Waals surface area contributed by atoms with Crippen LogP contribution in [0.1, 0.15) is 30.5 Å². The Morgan fingerprint density at radius 2 is 1.71 bits per heavy atom. The Labute approximate surface area is 165 Å². The van der Waals surface area contributed by atoms with Crippen LogP contribution in [-0.2, 0) is 0 Å². The van der Waals surface area contributed by atoms with Crippen molar-refractivity contribution < 1.29 is 0 Å². The van der Waals surface area contributed by atoms with Crippen molar-refractivity contribution in [3.8, 4) is 17.1 Å². The summed E-state index contributed by atoms with van der Waals surface area (Å²) in [5, 5.41) is 4.94. The Morgan fingerprint density at radius 3 is 2.50 bits per heavy atom. The van der Waals surface area contributed by atoms with Crippen LogP contribution in [0.25, 0.3) is 28.1 Å². The van der Waals surface area contributed by atoms with Gasteiger partial charge in [0, 0.05) is 13.1 Å². The van der Waals surface area contributed by atoms with Crippen molar-refractivity contribution in [2.45, 2.75) is 33.1 Å². The molecule has 0 saturated carbocycles. The molecule has 2 aromatic carbocycles. The summed E-state index contributed by atoms with van der Waals surface area (Å²) in [7, 11) is 0. The minimum Gasteiger partial charge on any atom is -0.356 e. The van der Waals surface area contributed by atoms with Crippen molar-refractivity contribution in [1.82, 2.24) is 19.7 Å². The van der Waals surface area contributed by atoms with Gasteiger partial charge in [-0.25, -0.2) is 9.67 Å². The molecule has 1 aliphatic rings. The molecule has 1 N–H and O–H groups in total. The van der Waals surface area contributed by atoms with Crippen molar-refractivity contribution in [3.63, 3.8) is 0 Å². The Bertz CT molecular complexity index is 1120. The summed E-state index contributed by atoms with van der Waals surface area (Å²) >= 11 is 0. The predicted molar refractivity (Wildman–Crippen MR) is 114 cm³/mol. The fraction of sp³-hybridized carbons (Fsp3) is 0.304. The van der Waals surface area contributed by atoms with Crippen LogP contribution < -0.4 is 4.90 Å². The maximum atomic E-state index is 4.94. The number of hydrogen-bond acceptors (Lipinski definition) is 3. The van der Waals surface area contributed by atoms with E-state index < -0.39 is 0 Å². The Hall–Kier alpha value is -3.08. The van der Waals surface area contributed by atoms with Crippen molar-refractivity contribution in [3.05, 3.63) is 59.8 Å². The first-order valence-electron chi connectivity index (χ1n) is 10.1. The lowest BCUT2D eigenvalue weighted by Gasteiger charge is -2.30. The van der Waals surface area contributed by atoms with Crippen molar-refractivity contribution in [2.24, 2.45) is 0 Å². The highest BCUT2D eigenvalue weighted by Crippen LogP contribution is 2.36. The third-order valence-corrected chi connectivity index (χ3v) is 5.57. The molecule has 0 aliphatic carbocycles. The standard InChI is InChI=1S/C23H25N5/c1-16-11-12-19-20(15-16)25-22(24-19)21-17(2)26-28(18-9-5-3-6-10-18)23(21)27-13-7-4-8-14-27/h3,5-6,9-12,15H,4,7-8,13-14H2,1-2H3,(H,24,25). The van der Waals surface area contributed by atoms with E-state index in [-0.39, 0.29) is 0 Å². The van der Waals surface area contributed by atoms with E-state index in [0.29, 0.717) is 0 Å². The first-order chi connectivity index (χ1) is 13.7. The number of imidazole rings is 1. The number of piperidine rings is 1. The molecule has 5 nitrogen and oxygen atoms in total. The van der Waals surface area contributed by atoms with Gasteiger partial charge in [0.1, 0.15) is 11.6 Å². The summed E-state index contributed by atoms with van der Waals surface area (Å²) in [5.74, 6) is 2.06. The maximum absolute atomic E-state index is 4.94. The predicted octanol–water partition coefficient (Wildman–Crippen LogP) is 5.02. The lowest BCUT2D eigenvalue weighted by molar-refractivity contribution is 0.568. The Kier molecular flexibility index (Phi) is 4.15. The molecule has 0 spiro atoms. The Morgan fingerprint density at radius 1 is 0.929 bits per heavy atom. The SMILES string of the molecule is Cc1ccc2nc(-c3c(C)nn(-c4ccccc4)c3N3CCCCC3)[nH]c2c1. The second-order valence-corrected chi connectivity index (χ2v) is 7.69. The molecule has 0 bridgehead atoms. The van der Waals surface area contributed by atoms with Gasteiger partial charge in [0.15, 0.2) is 0 Å². The van der Waals surface area contributed by atoms with Gasteiger partial charge in [0.05, 0.1) is 28.0 Å². The summed E-state index contributed by atoms with van der Waals surface area (Å²) in [6, 6.07) is 16.8. The van der Waals surface area contributed by atoms with E-state index in [1.54, 1.807) is 0 Å². The molecule has 3 heterocycles. The molecule has 5 rings (SSSR count). The molecular weight excluding hydrogens is 346 g/mol. The van der Waals surface area contributed by atoms with Crippen LogP contribution >= 0.6 is 0 Å². The van der Waals surface area contributed by atoms with Crippen LogP contribution in [-0.4, -0.2) is 32.8 Å². The summed E-state index contributed by atoms with van der Waals surface area (Å²) in [5.41, 5.74) is 6.50. The molecular formula is C23H25N5. The van der Waals surface area contributed by atoms with Gasteiger partial charge in [-0.05, 0) is 62.9 Å². The number of nitrogens with zero attached hydrogens (tertiary/aromatic N) is 4. The highest BCUT2D eigenvalue weighted by Gasteiger charge is 2.26. The lowest BCUT2D eigenvalue weighted by atomic mass is 10.1. The van der Waals surface area contributed by atoms with Gasteiger partial charge < -0.3 is 9.88 Å². The van der Waals surface area contributed by atoms with Gasteiger partial charge >= 0.3 is 0 Å². The van der Waals surface area contributed by atoms with Crippen LogP contribution in [0.3, 0.4) is 0 Å². The van der Waals surface area contributed by atoms with Crippen molar-refractivity contribution in [2.75, 3.05) is 18.0 Å². The van der Waals surface area contributed by atoms with Crippen molar-refractivity contribution in [1.29, 1.82) is 0 Å². The average Bonchev–Trinajstić information content (AvgIpc) is 3.29. The first kappa shape index (κ1) is 17.0. The molecule has 1 aliphatic heterocycles. The molecule has 0 amide bonds. The first-order valence-corrected chi connectivity index (χ1v) is 10.1. The number of aromatic nitrogens is 4. The minimum atomic E-state index is 0.904. The number of nitrogens with one attached hydrogen (secondary N) is 1. The second kappa shape index (κ2) is 6.82. The van der Waals surface area contributed by atoms with Gasteiger partial charge in [-0.3, -0.25) is 0 Å².